The second-order valence-electron chi connectivity index (χ2n) is 4.11. The lowest BCUT2D eigenvalue weighted by molar-refractivity contribution is -0.00878. The highest BCUT2D eigenvalue weighted by Crippen LogP contribution is 2.35. The fraction of sp³-hybridized carbons (Fsp3) is 0.727. The minimum atomic E-state index is -0.833. The molecule has 1 heterocycles. The van der Waals surface area contributed by atoms with Gasteiger partial charge in [-0.1, -0.05) is 20.3 Å². The van der Waals surface area contributed by atoms with E-state index in [1.807, 2.05) is 18.5 Å². The number of halogens is 1. The summed E-state index contributed by atoms with van der Waals surface area (Å²) in [6.07, 6.45) is 2.68. The van der Waals surface area contributed by atoms with E-state index >= 15 is 0 Å². The first-order valence-corrected chi connectivity index (χ1v) is 6.18. The van der Waals surface area contributed by atoms with Crippen LogP contribution >= 0.6 is 15.9 Å². The van der Waals surface area contributed by atoms with Gasteiger partial charge in [-0.05, 0) is 35.7 Å². The van der Waals surface area contributed by atoms with E-state index in [9.17, 15) is 5.11 Å². The molecule has 0 saturated heterocycles. The lowest BCUT2D eigenvalue weighted by atomic mass is 9.86. The summed E-state index contributed by atoms with van der Waals surface area (Å²) in [5.41, 5.74) is 0.0412. The number of aromatic nitrogens is 2. The smallest absolute Gasteiger partial charge is 0.107 e. The molecule has 2 unspecified atom stereocenters. The molecule has 1 rings (SSSR count). The first-order chi connectivity index (χ1) is 6.95. The van der Waals surface area contributed by atoms with Crippen molar-refractivity contribution >= 4 is 15.9 Å². The predicted octanol–water partition coefficient (Wildman–Crippen LogP) is 2.92. The molecule has 86 valence electrons. The van der Waals surface area contributed by atoms with Crippen molar-refractivity contribution in [3.05, 3.63) is 16.4 Å². The molecule has 0 bridgehead atoms. The Hall–Kier alpha value is -0.350. The molecule has 1 N–H and O–H groups in total. The number of nitrogens with zero attached hydrogens (tertiary/aromatic N) is 2. The molecule has 2 atom stereocenters. The highest BCUT2D eigenvalue weighted by molar-refractivity contribution is 9.10. The standard InChI is InChI=1S/C11H19BrN2O/c1-5-8(3)11(4,15)10-9(12)7-13-14(10)6-2/h7-8,15H,5-6H2,1-4H3. The van der Waals surface area contributed by atoms with Crippen molar-refractivity contribution < 1.29 is 5.11 Å². The summed E-state index contributed by atoms with van der Waals surface area (Å²) in [6, 6.07) is 0. The van der Waals surface area contributed by atoms with Crippen LogP contribution in [0.2, 0.25) is 0 Å². The van der Waals surface area contributed by atoms with Gasteiger partial charge in [-0.25, -0.2) is 0 Å². The van der Waals surface area contributed by atoms with Crippen LogP contribution in [0.3, 0.4) is 0 Å². The molecule has 0 aliphatic heterocycles. The van der Waals surface area contributed by atoms with Crippen molar-refractivity contribution in [1.82, 2.24) is 9.78 Å². The number of rotatable bonds is 4. The molecule has 1 aromatic heterocycles. The Morgan fingerprint density at radius 3 is 2.67 bits per heavy atom. The van der Waals surface area contributed by atoms with E-state index in [0.717, 1.165) is 23.1 Å². The van der Waals surface area contributed by atoms with Gasteiger partial charge < -0.3 is 5.11 Å². The largest absolute Gasteiger partial charge is 0.384 e. The van der Waals surface area contributed by atoms with Crippen molar-refractivity contribution in [2.45, 2.75) is 46.3 Å². The zero-order chi connectivity index (χ0) is 11.6. The Morgan fingerprint density at radius 1 is 1.60 bits per heavy atom. The van der Waals surface area contributed by atoms with Crippen molar-refractivity contribution in [3.63, 3.8) is 0 Å². The fourth-order valence-electron chi connectivity index (χ4n) is 1.74. The Balaban J connectivity index is 3.18. The third-order valence-electron chi connectivity index (χ3n) is 3.15. The van der Waals surface area contributed by atoms with Crippen LogP contribution in [-0.4, -0.2) is 14.9 Å². The Bertz CT molecular complexity index is 333. The molecule has 0 amide bonds. The average molecular weight is 275 g/mol. The molecule has 0 aromatic carbocycles. The summed E-state index contributed by atoms with van der Waals surface area (Å²) in [5.74, 6) is 0.204. The molecule has 15 heavy (non-hydrogen) atoms. The molecule has 0 aliphatic carbocycles. The first kappa shape index (κ1) is 12.7. The van der Waals surface area contributed by atoms with E-state index in [-0.39, 0.29) is 5.92 Å². The van der Waals surface area contributed by atoms with Crippen LogP contribution in [0.5, 0.6) is 0 Å². The van der Waals surface area contributed by atoms with E-state index in [1.165, 1.54) is 0 Å². The molecule has 0 saturated carbocycles. The van der Waals surface area contributed by atoms with Gasteiger partial charge in [0.2, 0.25) is 0 Å². The first-order valence-electron chi connectivity index (χ1n) is 5.39. The monoisotopic (exact) mass is 274 g/mol. The maximum Gasteiger partial charge on any atom is 0.107 e. The van der Waals surface area contributed by atoms with Gasteiger partial charge in [0.25, 0.3) is 0 Å². The summed E-state index contributed by atoms with van der Waals surface area (Å²) >= 11 is 3.45. The van der Waals surface area contributed by atoms with Crippen LogP contribution < -0.4 is 0 Å². The third-order valence-corrected chi connectivity index (χ3v) is 3.73. The second-order valence-corrected chi connectivity index (χ2v) is 4.97. The Morgan fingerprint density at radius 2 is 2.20 bits per heavy atom. The van der Waals surface area contributed by atoms with E-state index in [4.69, 9.17) is 0 Å². The lowest BCUT2D eigenvalue weighted by Gasteiger charge is -2.30. The van der Waals surface area contributed by atoms with Crippen LogP contribution in [0.15, 0.2) is 10.7 Å². The van der Waals surface area contributed by atoms with Crippen molar-refractivity contribution in [3.8, 4) is 0 Å². The number of aliphatic hydroxyl groups is 1. The maximum absolute atomic E-state index is 10.5. The molecule has 4 heteroatoms. The second kappa shape index (κ2) is 4.66. The van der Waals surface area contributed by atoms with E-state index in [0.29, 0.717) is 0 Å². The minimum Gasteiger partial charge on any atom is -0.384 e. The summed E-state index contributed by atoms with van der Waals surface area (Å²) in [4.78, 5) is 0. The third kappa shape index (κ3) is 2.26. The van der Waals surface area contributed by atoms with Crippen LogP contribution in [0.4, 0.5) is 0 Å². The number of hydrogen-bond acceptors (Lipinski definition) is 2. The number of aryl methyl sites for hydroxylation is 1. The van der Waals surface area contributed by atoms with Gasteiger partial charge >= 0.3 is 0 Å². The highest BCUT2D eigenvalue weighted by Gasteiger charge is 2.34. The van der Waals surface area contributed by atoms with Gasteiger partial charge in [0.05, 0.1) is 16.4 Å². The van der Waals surface area contributed by atoms with Gasteiger partial charge in [0.1, 0.15) is 5.60 Å². The summed E-state index contributed by atoms with van der Waals surface area (Å²) < 4.78 is 2.73. The van der Waals surface area contributed by atoms with Crippen LogP contribution in [0.25, 0.3) is 0 Å². The zero-order valence-electron chi connectivity index (χ0n) is 9.79. The lowest BCUT2D eigenvalue weighted by Crippen LogP contribution is -2.32. The highest BCUT2D eigenvalue weighted by atomic mass is 79.9. The van der Waals surface area contributed by atoms with Crippen molar-refractivity contribution in [2.75, 3.05) is 0 Å². The molecule has 0 fully saturated rings. The summed E-state index contributed by atoms with van der Waals surface area (Å²) in [7, 11) is 0. The Kier molecular flexibility index (Phi) is 3.95. The van der Waals surface area contributed by atoms with E-state index in [2.05, 4.69) is 34.9 Å². The predicted molar refractivity (Wildman–Crippen MR) is 64.6 cm³/mol. The van der Waals surface area contributed by atoms with Gasteiger partial charge in [-0.2, -0.15) is 5.10 Å². The molecular weight excluding hydrogens is 256 g/mol. The molecule has 0 radical (unpaired) electrons. The number of hydrogen-bond donors (Lipinski definition) is 1. The van der Waals surface area contributed by atoms with Crippen molar-refractivity contribution in [1.29, 1.82) is 0 Å². The van der Waals surface area contributed by atoms with E-state index in [1.54, 1.807) is 6.20 Å². The SMILES string of the molecule is CCC(C)C(C)(O)c1c(Br)cnn1CC. The molecular formula is C11H19BrN2O. The summed E-state index contributed by atoms with van der Waals surface area (Å²) in [6.45, 7) is 8.79. The fourth-order valence-corrected chi connectivity index (χ4v) is 2.43. The summed E-state index contributed by atoms with van der Waals surface area (Å²) in [5, 5.41) is 14.8. The molecule has 3 nitrogen and oxygen atoms in total. The van der Waals surface area contributed by atoms with Gasteiger partial charge in [-0.3, -0.25) is 4.68 Å². The maximum atomic E-state index is 10.5. The minimum absolute atomic E-state index is 0.204. The van der Waals surface area contributed by atoms with Crippen molar-refractivity contribution in [2.24, 2.45) is 5.92 Å². The van der Waals surface area contributed by atoms with Crippen LogP contribution in [-0.2, 0) is 12.1 Å². The van der Waals surface area contributed by atoms with Gasteiger partial charge in [0, 0.05) is 6.54 Å². The normalized spacial score (nSPS) is 17.5. The topological polar surface area (TPSA) is 38.1 Å². The Labute approximate surface area is 99.6 Å². The van der Waals surface area contributed by atoms with Gasteiger partial charge in [0.15, 0.2) is 0 Å². The van der Waals surface area contributed by atoms with Gasteiger partial charge in [-0.15, -0.1) is 0 Å². The van der Waals surface area contributed by atoms with E-state index < -0.39 is 5.60 Å². The quantitative estimate of drug-likeness (QED) is 0.917. The van der Waals surface area contributed by atoms with Crippen LogP contribution in [0.1, 0.15) is 39.8 Å². The zero-order valence-corrected chi connectivity index (χ0v) is 11.4. The molecule has 1 aromatic rings. The van der Waals surface area contributed by atoms with Crippen LogP contribution in [0, 0.1) is 5.92 Å². The molecule has 0 spiro atoms. The molecule has 0 aliphatic rings. The average Bonchev–Trinajstić information content (AvgIpc) is 2.58.